The molecule has 2 heterocycles. The Labute approximate surface area is 127 Å². The molecular formula is C14H19N5OS. The van der Waals surface area contributed by atoms with E-state index in [4.69, 9.17) is 0 Å². The average molecular weight is 305 g/mol. The molecule has 2 aromatic heterocycles. The van der Waals surface area contributed by atoms with Gasteiger partial charge in [-0.3, -0.25) is 5.10 Å². The number of amides is 2. The lowest BCUT2D eigenvalue weighted by Gasteiger charge is -2.26. The molecule has 1 saturated carbocycles. The van der Waals surface area contributed by atoms with Gasteiger partial charge >= 0.3 is 6.03 Å². The lowest BCUT2D eigenvalue weighted by Crippen LogP contribution is -2.39. The number of hydrogen-bond donors (Lipinski definition) is 3. The highest BCUT2D eigenvalue weighted by molar-refractivity contribution is 7.13. The first-order valence-electron chi connectivity index (χ1n) is 7.23. The van der Waals surface area contributed by atoms with E-state index >= 15 is 0 Å². The van der Waals surface area contributed by atoms with E-state index in [2.05, 4.69) is 32.7 Å². The van der Waals surface area contributed by atoms with Gasteiger partial charge in [-0.2, -0.15) is 5.10 Å². The fourth-order valence-corrected chi connectivity index (χ4v) is 3.28. The Morgan fingerprint density at radius 3 is 2.90 bits per heavy atom. The molecule has 21 heavy (non-hydrogen) atoms. The smallest absolute Gasteiger partial charge is 0.319 e. The molecule has 0 atom stereocenters. The van der Waals surface area contributed by atoms with Crippen molar-refractivity contribution in [1.29, 1.82) is 0 Å². The van der Waals surface area contributed by atoms with Gasteiger partial charge in [0.15, 0.2) is 0 Å². The predicted octanol–water partition coefficient (Wildman–Crippen LogP) is 3.23. The van der Waals surface area contributed by atoms with Gasteiger partial charge in [0, 0.05) is 17.6 Å². The molecule has 0 radical (unpaired) electrons. The highest BCUT2D eigenvalue weighted by atomic mass is 32.1. The number of carbonyl (C=O) groups excluding carboxylic acids is 1. The summed E-state index contributed by atoms with van der Waals surface area (Å²) < 4.78 is 0. The molecule has 1 aliphatic rings. The minimum absolute atomic E-state index is 0.172. The first kappa shape index (κ1) is 14.1. The van der Waals surface area contributed by atoms with Crippen molar-refractivity contribution in [2.45, 2.75) is 38.6 Å². The first-order valence-corrected chi connectivity index (χ1v) is 8.11. The van der Waals surface area contributed by atoms with Crippen molar-refractivity contribution in [3.63, 3.8) is 0 Å². The largest absolute Gasteiger partial charge is 0.335 e. The van der Waals surface area contributed by atoms with Crippen molar-refractivity contribution >= 4 is 23.1 Å². The fourth-order valence-electron chi connectivity index (χ4n) is 2.64. The minimum atomic E-state index is -0.172. The summed E-state index contributed by atoms with van der Waals surface area (Å²) in [6.45, 7) is 2.27. The molecule has 0 saturated heterocycles. The van der Waals surface area contributed by atoms with Gasteiger partial charge in [-0.25, -0.2) is 9.78 Å². The number of thiazole rings is 1. The van der Waals surface area contributed by atoms with Gasteiger partial charge in [0.25, 0.3) is 0 Å². The molecule has 3 rings (SSSR count). The molecule has 0 unspecified atom stereocenters. The summed E-state index contributed by atoms with van der Waals surface area (Å²) in [5.74, 6) is 0.775. The lowest BCUT2D eigenvalue weighted by atomic mass is 9.87. The van der Waals surface area contributed by atoms with E-state index in [1.807, 2.05) is 5.38 Å². The predicted molar refractivity (Wildman–Crippen MR) is 83.3 cm³/mol. The number of aromatic nitrogens is 3. The Morgan fingerprint density at radius 2 is 2.19 bits per heavy atom. The van der Waals surface area contributed by atoms with Crippen LogP contribution in [0, 0.1) is 5.92 Å². The zero-order valence-electron chi connectivity index (χ0n) is 11.9. The molecule has 2 aromatic rings. The second-order valence-electron chi connectivity index (χ2n) is 5.55. The summed E-state index contributed by atoms with van der Waals surface area (Å²) in [5.41, 5.74) is 1.41. The summed E-state index contributed by atoms with van der Waals surface area (Å²) in [4.78, 5) is 16.3. The Kier molecular flexibility index (Phi) is 4.19. The van der Waals surface area contributed by atoms with Crippen molar-refractivity contribution < 1.29 is 4.79 Å². The van der Waals surface area contributed by atoms with Crippen LogP contribution in [0.5, 0.6) is 0 Å². The summed E-state index contributed by atoms with van der Waals surface area (Å²) >= 11 is 1.50. The molecule has 2 amide bonds. The molecule has 0 aliphatic heterocycles. The topological polar surface area (TPSA) is 82.7 Å². The number of aromatic amines is 1. The van der Waals surface area contributed by atoms with Crippen LogP contribution in [0.1, 0.15) is 32.6 Å². The Balaban J connectivity index is 1.59. The highest BCUT2D eigenvalue weighted by Crippen LogP contribution is 2.27. The zero-order chi connectivity index (χ0) is 14.7. The van der Waals surface area contributed by atoms with E-state index in [9.17, 15) is 4.79 Å². The van der Waals surface area contributed by atoms with Crippen LogP contribution >= 0.6 is 11.3 Å². The van der Waals surface area contributed by atoms with Gasteiger partial charge < -0.3 is 10.6 Å². The molecule has 6 nitrogen and oxygen atoms in total. The van der Waals surface area contributed by atoms with E-state index in [-0.39, 0.29) is 12.1 Å². The van der Waals surface area contributed by atoms with Gasteiger partial charge in [0.05, 0.1) is 11.9 Å². The van der Waals surface area contributed by atoms with Gasteiger partial charge in [-0.15, -0.1) is 11.3 Å². The monoisotopic (exact) mass is 305 g/mol. The normalized spacial score (nSPS) is 22.0. The van der Waals surface area contributed by atoms with Crippen molar-refractivity contribution in [1.82, 2.24) is 20.5 Å². The first-order chi connectivity index (χ1) is 10.2. The molecular weight excluding hydrogens is 286 g/mol. The van der Waals surface area contributed by atoms with Gasteiger partial charge in [0.1, 0.15) is 10.7 Å². The SMILES string of the molecule is CC1CCC(NC(=O)Nc2cn[nH]c2-c2nccs2)CC1. The number of nitrogens with one attached hydrogen (secondary N) is 3. The summed E-state index contributed by atoms with van der Waals surface area (Å²) in [6, 6.07) is 0.102. The van der Waals surface area contributed by atoms with Crippen LogP contribution < -0.4 is 10.6 Å². The number of carbonyl (C=O) groups is 1. The Bertz CT molecular complexity index is 586. The van der Waals surface area contributed by atoms with Crippen molar-refractivity contribution in [2.75, 3.05) is 5.32 Å². The fraction of sp³-hybridized carbons (Fsp3) is 0.500. The molecule has 0 spiro atoms. The van der Waals surface area contributed by atoms with Gasteiger partial charge in [0.2, 0.25) is 0 Å². The number of rotatable bonds is 3. The zero-order valence-corrected chi connectivity index (χ0v) is 12.7. The molecule has 0 bridgehead atoms. The maximum Gasteiger partial charge on any atom is 0.319 e. The van der Waals surface area contributed by atoms with Crippen LogP contribution in [0.25, 0.3) is 10.7 Å². The Hall–Kier alpha value is -1.89. The number of urea groups is 1. The van der Waals surface area contributed by atoms with Crippen LogP contribution in [-0.4, -0.2) is 27.3 Å². The quantitative estimate of drug-likeness (QED) is 0.814. The number of H-pyrrole nitrogens is 1. The summed E-state index contributed by atoms with van der Waals surface area (Å²) in [6.07, 6.45) is 7.81. The third-order valence-electron chi connectivity index (χ3n) is 3.88. The standard InChI is InChI=1S/C14H19N5OS/c1-9-2-4-10(5-3-9)17-14(20)18-11-8-16-19-12(11)13-15-6-7-21-13/h6-10H,2-5H2,1H3,(H,16,19)(H2,17,18,20). The van der Waals surface area contributed by atoms with Crippen LogP contribution in [0.2, 0.25) is 0 Å². The van der Waals surface area contributed by atoms with Crippen LogP contribution in [-0.2, 0) is 0 Å². The maximum absolute atomic E-state index is 12.1. The van der Waals surface area contributed by atoms with E-state index in [1.165, 1.54) is 24.2 Å². The second-order valence-corrected chi connectivity index (χ2v) is 6.45. The number of nitrogens with zero attached hydrogens (tertiary/aromatic N) is 2. The van der Waals surface area contributed by atoms with Crippen LogP contribution in [0.3, 0.4) is 0 Å². The third kappa shape index (κ3) is 3.41. The van der Waals surface area contributed by atoms with Gasteiger partial charge in [-0.1, -0.05) is 6.92 Å². The number of anilines is 1. The van der Waals surface area contributed by atoms with E-state index in [0.717, 1.165) is 29.5 Å². The van der Waals surface area contributed by atoms with Crippen LogP contribution in [0.4, 0.5) is 10.5 Å². The lowest BCUT2D eigenvalue weighted by molar-refractivity contribution is 0.239. The highest BCUT2D eigenvalue weighted by Gasteiger charge is 2.20. The second kappa shape index (κ2) is 6.26. The summed E-state index contributed by atoms with van der Waals surface area (Å²) in [7, 11) is 0. The minimum Gasteiger partial charge on any atom is -0.335 e. The molecule has 3 N–H and O–H groups in total. The molecule has 112 valence electrons. The van der Waals surface area contributed by atoms with Crippen molar-refractivity contribution in [3.8, 4) is 10.7 Å². The molecule has 1 fully saturated rings. The van der Waals surface area contributed by atoms with E-state index in [1.54, 1.807) is 12.4 Å². The maximum atomic E-state index is 12.1. The molecule has 0 aromatic carbocycles. The van der Waals surface area contributed by atoms with Crippen LogP contribution in [0.15, 0.2) is 17.8 Å². The van der Waals surface area contributed by atoms with E-state index in [0.29, 0.717) is 5.69 Å². The Morgan fingerprint density at radius 1 is 1.38 bits per heavy atom. The molecule has 7 heteroatoms. The average Bonchev–Trinajstić information content (AvgIpc) is 3.11. The van der Waals surface area contributed by atoms with Crippen molar-refractivity contribution in [2.24, 2.45) is 5.92 Å². The van der Waals surface area contributed by atoms with Crippen molar-refractivity contribution in [3.05, 3.63) is 17.8 Å². The third-order valence-corrected chi connectivity index (χ3v) is 4.68. The summed E-state index contributed by atoms with van der Waals surface area (Å²) in [5, 5.41) is 15.5. The van der Waals surface area contributed by atoms with Gasteiger partial charge in [-0.05, 0) is 31.6 Å². The van der Waals surface area contributed by atoms with E-state index < -0.39 is 0 Å². The number of hydrogen-bond acceptors (Lipinski definition) is 4. The molecule has 1 aliphatic carbocycles.